The van der Waals surface area contributed by atoms with Crippen LogP contribution in [-0.4, -0.2) is 54.0 Å². The van der Waals surface area contributed by atoms with E-state index >= 15 is 0 Å². The number of halogens is 2. The first-order valence-electron chi connectivity index (χ1n) is 7.63. The molecule has 1 fully saturated rings. The number of hydrogen-bond donors (Lipinski definition) is 3. The van der Waals surface area contributed by atoms with Crippen molar-refractivity contribution in [3.8, 4) is 0 Å². The van der Waals surface area contributed by atoms with Crippen molar-refractivity contribution in [2.75, 3.05) is 31.5 Å². The van der Waals surface area contributed by atoms with Gasteiger partial charge in [-0.15, -0.1) is 12.4 Å². The zero-order chi connectivity index (χ0) is 17.7. The Morgan fingerprint density at radius 2 is 2.04 bits per heavy atom. The molecule has 0 aromatic heterocycles. The fourth-order valence-electron chi connectivity index (χ4n) is 2.55. The normalized spacial score (nSPS) is 16.8. The number of amides is 2. The van der Waals surface area contributed by atoms with Crippen LogP contribution < -0.4 is 10.6 Å². The van der Waals surface area contributed by atoms with Crippen molar-refractivity contribution in [2.24, 2.45) is 5.92 Å². The number of carboxylic acid groups (broad SMARTS) is 1. The van der Waals surface area contributed by atoms with E-state index in [2.05, 4.69) is 10.6 Å². The summed E-state index contributed by atoms with van der Waals surface area (Å²) in [6.07, 6.45) is 0.539. The summed E-state index contributed by atoms with van der Waals surface area (Å²) >= 11 is 5.99. The van der Waals surface area contributed by atoms with Gasteiger partial charge in [0.05, 0.1) is 19.0 Å². The number of nitrogens with zero attached hydrogens (tertiary/aromatic N) is 1. The van der Waals surface area contributed by atoms with Crippen LogP contribution in [0.25, 0.3) is 0 Å². The number of benzene rings is 1. The molecule has 1 aromatic rings. The molecule has 0 spiro atoms. The van der Waals surface area contributed by atoms with Crippen molar-refractivity contribution < 1.29 is 19.5 Å². The summed E-state index contributed by atoms with van der Waals surface area (Å²) in [7, 11) is 0. The molecule has 0 aliphatic carbocycles. The van der Waals surface area contributed by atoms with Crippen molar-refractivity contribution in [3.63, 3.8) is 0 Å². The van der Waals surface area contributed by atoms with Crippen LogP contribution in [0.2, 0.25) is 5.02 Å². The molecule has 1 aromatic carbocycles. The van der Waals surface area contributed by atoms with Gasteiger partial charge >= 0.3 is 5.97 Å². The maximum absolute atomic E-state index is 11.9. The molecule has 1 aliphatic rings. The minimum absolute atomic E-state index is 0. The third-order valence-corrected chi connectivity index (χ3v) is 4.39. The number of hydrogen-bond acceptors (Lipinski definition) is 4. The molecule has 1 unspecified atom stereocenters. The number of carbonyl (C=O) groups is 3. The number of aliphatic carboxylic acids is 1. The zero-order valence-corrected chi connectivity index (χ0v) is 15.3. The lowest BCUT2D eigenvalue weighted by Gasteiger charge is -2.15. The molecule has 1 saturated heterocycles. The standard InChI is InChI=1S/C16H20ClN3O4.ClH/c1-10-12(17)3-2-4-13(10)19-14(21)7-18-15(22)9-20-6-5-11(8-20)16(23)24;/h2-4,11H,5-9H2,1H3,(H,18,22)(H,19,21)(H,23,24);1H. The SMILES string of the molecule is Cc1c(Cl)cccc1NC(=O)CNC(=O)CN1CCC(C(=O)O)C1.Cl. The van der Waals surface area contributed by atoms with E-state index in [-0.39, 0.29) is 37.3 Å². The Hall–Kier alpha value is -1.83. The Bertz CT molecular complexity index is 654. The van der Waals surface area contributed by atoms with Crippen molar-refractivity contribution in [1.82, 2.24) is 10.2 Å². The van der Waals surface area contributed by atoms with Gasteiger partial charge in [-0.3, -0.25) is 19.3 Å². The maximum Gasteiger partial charge on any atom is 0.307 e. The molecular formula is C16H21Cl2N3O4. The average Bonchev–Trinajstić information content (AvgIpc) is 2.98. The molecule has 2 rings (SSSR count). The molecular weight excluding hydrogens is 369 g/mol. The smallest absolute Gasteiger partial charge is 0.307 e. The number of anilines is 1. The summed E-state index contributed by atoms with van der Waals surface area (Å²) < 4.78 is 0. The van der Waals surface area contributed by atoms with E-state index < -0.39 is 11.9 Å². The Labute approximate surface area is 157 Å². The Kier molecular flexibility index (Phi) is 8.15. The van der Waals surface area contributed by atoms with Crippen LogP contribution >= 0.6 is 24.0 Å². The average molecular weight is 390 g/mol. The molecule has 0 radical (unpaired) electrons. The van der Waals surface area contributed by atoms with Crippen molar-refractivity contribution in [3.05, 3.63) is 28.8 Å². The third kappa shape index (κ3) is 6.19. The van der Waals surface area contributed by atoms with Gasteiger partial charge in [0.2, 0.25) is 11.8 Å². The van der Waals surface area contributed by atoms with E-state index in [1.165, 1.54) is 0 Å². The first-order valence-corrected chi connectivity index (χ1v) is 8.01. The lowest BCUT2D eigenvalue weighted by Crippen LogP contribution is -2.40. The number of carboxylic acids is 1. The predicted octanol–water partition coefficient (Wildman–Crippen LogP) is 1.53. The summed E-state index contributed by atoms with van der Waals surface area (Å²) in [5, 5.41) is 14.7. The van der Waals surface area contributed by atoms with E-state index in [1.54, 1.807) is 30.0 Å². The highest BCUT2D eigenvalue weighted by atomic mass is 35.5. The van der Waals surface area contributed by atoms with Gasteiger partial charge in [0.15, 0.2) is 0 Å². The highest BCUT2D eigenvalue weighted by Crippen LogP contribution is 2.22. The second-order valence-electron chi connectivity index (χ2n) is 5.80. The van der Waals surface area contributed by atoms with Crippen LogP contribution in [0, 0.1) is 12.8 Å². The molecule has 0 bridgehead atoms. The molecule has 138 valence electrons. The lowest BCUT2D eigenvalue weighted by atomic mass is 10.1. The Morgan fingerprint density at radius 3 is 2.68 bits per heavy atom. The van der Waals surface area contributed by atoms with Crippen LogP contribution in [0.4, 0.5) is 5.69 Å². The van der Waals surface area contributed by atoms with Gasteiger partial charge in [0.1, 0.15) is 0 Å². The van der Waals surface area contributed by atoms with Gasteiger partial charge in [-0.25, -0.2) is 0 Å². The lowest BCUT2D eigenvalue weighted by molar-refractivity contribution is -0.141. The molecule has 7 nitrogen and oxygen atoms in total. The van der Waals surface area contributed by atoms with Crippen LogP contribution in [0.1, 0.15) is 12.0 Å². The highest BCUT2D eigenvalue weighted by molar-refractivity contribution is 6.31. The zero-order valence-electron chi connectivity index (χ0n) is 13.8. The summed E-state index contributed by atoms with van der Waals surface area (Å²) in [6.45, 7) is 2.66. The van der Waals surface area contributed by atoms with Crippen molar-refractivity contribution >= 4 is 47.5 Å². The molecule has 3 N–H and O–H groups in total. The van der Waals surface area contributed by atoms with Gasteiger partial charge in [0, 0.05) is 17.3 Å². The first kappa shape index (κ1) is 21.2. The van der Waals surface area contributed by atoms with E-state index in [0.717, 1.165) is 5.56 Å². The molecule has 1 atom stereocenters. The number of carbonyl (C=O) groups excluding carboxylic acids is 2. The second kappa shape index (κ2) is 9.60. The monoisotopic (exact) mass is 389 g/mol. The molecule has 2 amide bonds. The molecule has 9 heteroatoms. The minimum atomic E-state index is -0.839. The fourth-order valence-corrected chi connectivity index (χ4v) is 2.73. The summed E-state index contributed by atoms with van der Waals surface area (Å²) in [5.74, 6) is -1.92. The van der Waals surface area contributed by atoms with E-state index in [1.807, 2.05) is 0 Å². The van der Waals surface area contributed by atoms with Gasteiger partial charge in [-0.1, -0.05) is 17.7 Å². The van der Waals surface area contributed by atoms with Crippen molar-refractivity contribution in [2.45, 2.75) is 13.3 Å². The quantitative estimate of drug-likeness (QED) is 0.684. The first-order chi connectivity index (χ1) is 11.4. The van der Waals surface area contributed by atoms with Gasteiger partial charge in [-0.05, 0) is 37.6 Å². The van der Waals surface area contributed by atoms with E-state index in [9.17, 15) is 14.4 Å². The summed E-state index contributed by atoms with van der Waals surface area (Å²) in [4.78, 5) is 36.4. The molecule has 1 heterocycles. The van der Waals surface area contributed by atoms with Gasteiger partial charge in [0.25, 0.3) is 0 Å². The Balaban J connectivity index is 0.00000312. The topological polar surface area (TPSA) is 98.7 Å². The number of likely N-dealkylation sites (tertiary alicyclic amines) is 1. The van der Waals surface area contributed by atoms with E-state index in [4.69, 9.17) is 16.7 Å². The minimum Gasteiger partial charge on any atom is -0.481 e. The van der Waals surface area contributed by atoms with Crippen LogP contribution in [0.3, 0.4) is 0 Å². The van der Waals surface area contributed by atoms with E-state index in [0.29, 0.717) is 30.2 Å². The van der Waals surface area contributed by atoms with Crippen molar-refractivity contribution in [1.29, 1.82) is 0 Å². The maximum atomic E-state index is 11.9. The molecule has 1 aliphatic heterocycles. The summed E-state index contributed by atoms with van der Waals surface area (Å²) in [5.41, 5.74) is 1.36. The van der Waals surface area contributed by atoms with Crippen LogP contribution in [-0.2, 0) is 14.4 Å². The fraction of sp³-hybridized carbons (Fsp3) is 0.438. The van der Waals surface area contributed by atoms with Gasteiger partial charge < -0.3 is 15.7 Å². The van der Waals surface area contributed by atoms with Crippen LogP contribution in [0.5, 0.6) is 0 Å². The molecule has 0 saturated carbocycles. The number of nitrogens with one attached hydrogen (secondary N) is 2. The molecule has 25 heavy (non-hydrogen) atoms. The van der Waals surface area contributed by atoms with Crippen LogP contribution in [0.15, 0.2) is 18.2 Å². The largest absolute Gasteiger partial charge is 0.481 e. The summed E-state index contributed by atoms with van der Waals surface area (Å²) in [6, 6.07) is 5.20. The third-order valence-electron chi connectivity index (χ3n) is 3.98. The Morgan fingerprint density at radius 1 is 1.32 bits per heavy atom. The number of rotatable bonds is 6. The highest BCUT2D eigenvalue weighted by Gasteiger charge is 2.28. The van der Waals surface area contributed by atoms with Gasteiger partial charge in [-0.2, -0.15) is 0 Å². The predicted molar refractivity (Wildman–Crippen MR) is 97.3 cm³/mol. The second-order valence-corrected chi connectivity index (χ2v) is 6.20.